The molecule has 0 spiro atoms. The van der Waals surface area contributed by atoms with Crippen molar-refractivity contribution in [3.8, 4) is 5.69 Å². The first-order chi connectivity index (χ1) is 11.8. The summed E-state index contributed by atoms with van der Waals surface area (Å²) in [7, 11) is 0. The average molecular weight is 338 g/mol. The highest BCUT2D eigenvalue weighted by Gasteiger charge is 2.12. The molecule has 0 saturated carbocycles. The molecule has 0 saturated heterocycles. The van der Waals surface area contributed by atoms with Crippen molar-refractivity contribution >= 4 is 17.5 Å². The van der Waals surface area contributed by atoms with Crippen molar-refractivity contribution in [3.05, 3.63) is 65.7 Å². The maximum Gasteiger partial charge on any atom is 0.214 e. The Bertz CT molecular complexity index is 799. The van der Waals surface area contributed by atoms with Crippen LogP contribution in [0.2, 0.25) is 0 Å². The van der Waals surface area contributed by atoms with Gasteiger partial charge in [0.1, 0.15) is 0 Å². The van der Waals surface area contributed by atoms with E-state index in [2.05, 4.69) is 22.4 Å². The molecule has 0 atom stereocenters. The second-order valence-electron chi connectivity index (χ2n) is 5.37. The molecule has 2 aromatic carbocycles. The lowest BCUT2D eigenvalue weighted by Gasteiger charge is -2.04. The summed E-state index contributed by atoms with van der Waals surface area (Å²) in [5.74, 6) is 0.381. The number of thioether (sulfide) groups is 1. The fourth-order valence-electron chi connectivity index (χ4n) is 2.36. The Morgan fingerprint density at radius 1 is 1.08 bits per heavy atom. The minimum absolute atomic E-state index is 0.0747. The molecule has 0 aliphatic carbocycles. The van der Waals surface area contributed by atoms with Gasteiger partial charge in [-0.25, -0.2) is 0 Å². The third kappa shape index (κ3) is 3.89. The van der Waals surface area contributed by atoms with Crippen LogP contribution in [0.15, 0.2) is 59.8 Å². The number of carbonyl (C=O) groups is 1. The standard InChI is InChI=1S/C18H18N4OS/c1-2-6-14-9-11-15(12-10-14)17(23)13-24-18-19-20-21-22(18)16-7-4-3-5-8-16/h3-5,7-12H,2,6,13H2,1H3. The third-order valence-corrected chi connectivity index (χ3v) is 4.51. The van der Waals surface area contributed by atoms with E-state index in [1.807, 2.05) is 54.6 Å². The summed E-state index contributed by atoms with van der Waals surface area (Å²) in [5.41, 5.74) is 2.86. The van der Waals surface area contributed by atoms with Crippen LogP contribution in [0, 0.1) is 0 Å². The van der Waals surface area contributed by atoms with Gasteiger partial charge in [-0.3, -0.25) is 4.79 Å². The summed E-state index contributed by atoms with van der Waals surface area (Å²) in [5, 5.41) is 12.3. The highest BCUT2D eigenvalue weighted by molar-refractivity contribution is 7.99. The van der Waals surface area contributed by atoms with Crippen LogP contribution in [0.25, 0.3) is 5.69 Å². The smallest absolute Gasteiger partial charge is 0.214 e. The molecule has 122 valence electrons. The van der Waals surface area contributed by atoms with Gasteiger partial charge in [-0.2, -0.15) is 4.68 Å². The summed E-state index contributed by atoms with van der Waals surface area (Å²) >= 11 is 1.34. The Morgan fingerprint density at radius 3 is 2.54 bits per heavy atom. The fourth-order valence-corrected chi connectivity index (χ4v) is 3.14. The molecule has 1 aromatic heterocycles. The summed E-state index contributed by atoms with van der Waals surface area (Å²) in [6, 6.07) is 17.5. The zero-order chi connectivity index (χ0) is 16.8. The maximum atomic E-state index is 12.4. The van der Waals surface area contributed by atoms with Crippen molar-refractivity contribution in [2.45, 2.75) is 24.9 Å². The lowest BCUT2D eigenvalue weighted by Crippen LogP contribution is -2.05. The van der Waals surface area contributed by atoms with Crippen molar-refractivity contribution in [3.63, 3.8) is 0 Å². The van der Waals surface area contributed by atoms with E-state index in [1.165, 1.54) is 17.3 Å². The number of Topliss-reactive ketones (excluding diaryl/α,β-unsaturated/α-hetero) is 1. The minimum atomic E-state index is 0.0747. The third-order valence-electron chi connectivity index (χ3n) is 3.59. The Balaban J connectivity index is 1.66. The van der Waals surface area contributed by atoms with Crippen LogP contribution < -0.4 is 0 Å². The van der Waals surface area contributed by atoms with Gasteiger partial charge in [-0.15, -0.1) is 5.10 Å². The molecule has 0 fully saturated rings. The van der Waals surface area contributed by atoms with Gasteiger partial charge in [0, 0.05) is 5.56 Å². The molecule has 0 N–H and O–H groups in total. The molecule has 24 heavy (non-hydrogen) atoms. The van der Waals surface area contributed by atoms with Crippen molar-refractivity contribution in [1.29, 1.82) is 0 Å². The second kappa shape index (κ2) is 7.88. The molecule has 0 amide bonds. The molecular formula is C18H18N4OS. The molecule has 3 aromatic rings. The highest BCUT2D eigenvalue weighted by Crippen LogP contribution is 2.19. The molecule has 0 unspecified atom stereocenters. The number of carbonyl (C=O) groups excluding carboxylic acids is 1. The number of aromatic nitrogens is 4. The Morgan fingerprint density at radius 2 is 1.83 bits per heavy atom. The van der Waals surface area contributed by atoms with Crippen LogP contribution in [-0.2, 0) is 6.42 Å². The number of hydrogen-bond acceptors (Lipinski definition) is 5. The zero-order valence-corrected chi connectivity index (χ0v) is 14.2. The van der Waals surface area contributed by atoms with E-state index in [4.69, 9.17) is 0 Å². The van der Waals surface area contributed by atoms with Crippen molar-refractivity contribution in [2.75, 3.05) is 5.75 Å². The predicted molar refractivity (Wildman–Crippen MR) is 94.6 cm³/mol. The number of tetrazole rings is 1. The molecule has 0 aliphatic rings. The Labute approximate surface area is 145 Å². The first kappa shape index (κ1) is 16.4. The predicted octanol–water partition coefficient (Wildman–Crippen LogP) is 3.59. The summed E-state index contributed by atoms with van der Waals surface area (Å²) in [6.07, 6.45) is 2.14. The first-order valence-corrected chi connectivity index (χ1v) is 8.85. The van der Waals surface area contributed by atoms with Crippen molar-refractivity contribution in [2.24, 2.45) is 0 Å². The second-order valence-corrected chi connectivity index (χ2v) is 6.31. The Hall–Kier alpha value is -2.47. The largest absolute Gasteiger partial charge is 0.293 e. The number of aryl methyl sites for hydroxylation is 1. The fraction of sp³-hybridized carbons (Fsp3) is 0.222. The topological polar surface area (TPSA) is 60.7 Å². The summed E-state index contributed by atoms with van der Waals surface area (Å²) in [4.78, 5) is 12.4. The summed E-state index contributed by atoms with van der Waals surface area (Å²) < 4.78 is 1.64. The number of nitrogens with zero attached hydrogens (tertiary/aromatic N) is 4. The quantitative estimate of drug-likeness (QED) is 0.487. The molecule has 0 radical (unpaired) electrons. The normalized spacial score (nSPS) is 10.7. The SMILES string of the molecule is CCCc1ccc(C(=O)CSc2nnnn2-c2ccccc2)cc1. The molecular weight excluding hydrogens is 320 g/mol. The molecule has 5 nitrogen and oxygen atoms in total. The van der Waals surface area contributed by atoms with Gasteiger partial charge in [0.05, 0.1) is 11.4 Å². The van der Waals surface area contributed by atoms with Crippen LogP contribution in [-0.4, -0.2) is 31.7 Å². The van der Waals surface area contributed by atoms with Crippen LogP contribution in [0.4, 0.5) is 0 Å². The molecule has 0 aliphatic heterocycles. The van der Waals surface area contributed by atoms with E-state index in [0.717, 1.165) is 24.1 Å². The maximum absolute atomic E-state index is 12.4. The number of hydrogen-bond donors (Lipinski definition) is 0. The van der Waals surface area contributed by atoms with Crippen LogP contribution in [0.1, 0.15) is 29.3 Å². The Kier molecular flexibility index (Phi) is 5.38. The number of rotatable bonds is 7. The van der Waals surface area contributed by atoms with Crippen molar-refractivity contribution in [1.82, 2.24) is 20.2 Å². The van der Waals surface area contributed by atoms with Gasteiger partial charge in [-0.05, 0) is 34.5 Å². The monoisotopic (exact) mass is 338 g/mol. The van der Waals surface area contributed by atoms with Gasteiger partial charge >= 0.3 is 0 Å². The van der Waals surface area contributed by atoms with Crippen molar-refractivity contribution < 1.29 is 4.79 Å². The molecule has 0 bridgehead atoms. The van der Waals surface area contributed by atoms with E-state index in [1.54, 1.807) is 4.68 Å². The molecule has 1 heterocycles. The number of ketones is 1. The lowest BCUT2D eigenvalue weighted by molar-refractivity contribution is 0.102. The van der Waals surface area contributed by atoms with Gasteiger partial charge in [0.25, 0.3) is 0 Å². The lowest BCUT2D eigenvalue weighted by atomic mass is 10.1. The zero-order valence-electron chi connectivity index (χ0n) is 13.4. The first-order valence-electron chi connectivity index (χ1n) is 7.86. The van der Waals surface area contributed by atoms with E-state index >= 15 is 0 Å². The van der Waals surface area contributed by atoms with E-state index in [0.29, 0.717) is 10.9 Å². The van der Waals surface area contributed by atoms with Gasteiger partial charge < -0.3 is 0 Å². The number of benzene rings is 2. The molecule has 6 heteroatoms. The highest BCUT2D eigenvalue weighted by atomic mass is 32.2. The van der Waals surface area contributed by atoms with Crippen LogP contribution in [0.5, 0.6) is 0 Å². The van der Waals surface area contributed by atoms with Crippen LogP contribution in [0.3, 0.4) is 0 Å². The van der Waals surface area contributed by atoms with E-state index < -0.39 is 0 Å². The van der Waals surface area contributed by atoms with Gasteiger partial charge in [-0.1, -0.05) is 67.6 Å². The van der Waals surface area contributed by atoms with Crippen LogP contribution >= 0.6 is 11.8 Å². The average Bonchev–Trinajstić information content (AvgIpc) is 3.10. The summed E-state index contributed by atoms with van der Waals surface area (Å²) in [6.45, 7) is 2.15. The van der Waals surface area contributed by atoms with Gasteiger partial charge in [0.15, 0.2) is 5.78 Å². The number of para-hydroxylation sites is 1. The minimum Gasteiger partial charge on any atom is -0.293 e. The van der Waals surface area contributed by atoms with E-state index in [-0.39, 0.29) is 5.78 Å². The van der Waals surface area contributed by atoms with E-state index in [9.17, 15) is 4.79 Å². The van der Waals surface area contributed by atoms with Gasteiger partial charge in [0.2, 0.25) is 5.16 Å². The molecule has 3 rings (SSSR count).